The Labute approximate surface area is 165 Å². The van der Waals surface area contributed by atoms with Gasteiger partial charge in [-0.2, -0.15) is 0 Å². The summed E-state index contributed by atoms with van der Waals surface area (Å²) in [5.74, 6) is 0.668. The topological polar surface area (TPSA) is 109 Å². The van der Waals surface area contributed by atoms with E-state index in [0.717, 1.165) is 17.7 Å². The number of pyridine rings is 1. The highest BCUT2D eigenvalue weighted by atomic mass is 127. The predicted molar refractivity (Wildman–Crippen MR) is 109 cm³/mol. The first-order valence-corrected chi connectivity index (χ1v) is 9.00. The number of sulfonamides is 1. The number of hydrogen-bond donors (Lipinski definition) is 3. The molecule has 136 valence electrons. The molecule has 0 radical (unpaired) electrons. The summed E-state index contributed by atoms with van der Waals surface area (Å²) in [6.07, 6.45) is 2.57. The molecule has 2 aromatic rings. The van der Waals surface area contributed by atoms with Crippen molar-refractivity contribution in [1.82, 2.24) is 15.6 Å². The van der Waals surface area contributed by atoms with E-state index in [9.17, 15) is 8.42 Å². The predicted octanol–water partition coefficient (Wildman–Crippen LogP) is 1.25. The Bertz CT molecular complexity index is 780. The van der Waals surface area contributed by atoms with Crippen molar-refractivity contribution >= 4 is 40.0 Å². The van der Waals surface area contributed by atoms with E-state index in [0.29, 0.717) is 19.0 Å². The fourth-order valence-electron chi connectivity index (χ4n) is 2.06. The largest absolute Gasteiger partial charge is 0.356 e. The zero-order valence-electron chi connectivity index (χ0n) is 13.8. The van der Waals surface area contributed by atoms with Crippen molar-refractivity contribution in [2.45, 2.75) is 17.9 Å². The van der Waals surface area contributed by atoms with E-state index in [4.69, 9.17) is 5.14 Å². The van der Waals surface area contributed by atoms with Gasteiger partial charge in [0.25, 0.3) is 0 Å². The lowest BCUT2D eigenvalue weighted by molar-refractivity contribution is 0.597. The Hall–Kier alpha value is -1.72. The SMILES string of the molecule is CN=C(NCCc1ccccn1)NCc1ccc(S(N)(=O)=O)cc1.I. The number of rotatable bonds is 6. The summed E-state index contributed by atoms with van der Waals surface area (Å²) in [7, 11) is -1.96. The average Bonchev–Trinajstić information content (AvgIpc) is 2.58. The van der Waals surface area contributed by atoms with Crippen molar-refractivity contribution in [3.8, 4) is 0 Å². The summed E-state index contributed by atoms with van der Waals surface area (Å²) in [5.41, 5.74) is 1.94. The second-order valence-corrected chi connectivity index (χ2v) is 6.67. The highest BCUT2D eigenvalue weighted by molar-refractivity contribution is 14.0. The highest BCUT2D eigenvalue weighted by Gasteiger charge is 2.06. The minimum absolute atomic E-state index is 0. The van der Waals surface area contributed by atoms with Gasteiger partial charge in [0.2, 0.25) is 10.0 Å². The molecule has 0 aliphatic rings. The van der Waals surface area contributed by atoms with Crippen molar-refractivity contribution < 1.29 is 8.42 Å². The lowest BCUT2D eigenvalue weighted by Gasteiger charge is -2.12. The maximum atomic E-state index is 11.2. The van der Waals surface area contributed by atoms with E-state index < -0.39 is 10.0 Å². The lowest BCUT2D eigenvalue weighted by Crippen LogP contribution is -2.37. The summed E-state index contributed by atoms with van der Waals surface area (Å²) in [6, 6.07) is 12.2. The monoisotopic (exact) mass is 475 g/mol. The maximum Gasteiger partial charge on any atom is 0.238 e. The number of nitrogens with zero attached hydrogens (tertiary/aromatic N) is 2. The lowest BCUT2D eigenvalue weighted by atomic mass is 10.2. The molecule has 0 fully saturated rings. The zero-order valence-corrected chi connectivity index (χ0v) is 17.0. The molecule has 0 spiro atoms. The molecule has 9 heteroatoms. The minimum Gasteiger partial charge on any atom is -0.356 e. The van der Waals surface area contributed by atoms with Crippen LogP contribution in [0.5, 0.6) is 0 Å². The van der Waals surface area contributed by atoms with Gasteiger partial charge in [0, 0.05) is 38.4 Å². The number of guanidine groups is 1. The molecule has 1 heterocycles. The van der Waals surface area contributed by atoms with Crippen LogP contribution >= 0.6 is 24.0 Å². The van der Waals surface area contributed by atoms with E-state index in [1.807, 2.05) is 18.2 Å². The Morgan fingerprint density at radius 1 is 1.16 bits per heavy atom. The van der Waals surface area contributed by atoms with E-state index in [-0.39, 0.29) is 28.9 Å². The van der Waals surface area contributed by atoms with E-state index in [2.05, 4.69) is 20.6 Å². The Kier molecular flexibility index (Phi) is 8.79. The van der Waals surface area contributed by atoms with Crippen LogP contribution in [0.1, 0.15) is 11.3 Å². The molecule has 7 nitrogen and oxygen atoms in total. The van der Waals surface area contributed by atoms with Crippen LogP contribution in [-0.4, -0.2) is 33.0 Å². The highest BCUT2D eigenvalue weighted by Crippen LogP contribution is 2.08. The molecule has 0 unspecified atom stereocenters. The van der Waals surface area contributed by atoms with Gasteiger partial charge in [0.15, 0.2) is 5.96 Å². The number of benzene rings is 1. The van der Waals surface area contributed by atoms with Crippen molar-refractivity contribution in [3.05, 3.63) is 59.9 Å². The van der Waals surface area contributed by atoms with Gasteiger partial charge < -0.3 is 10.6 Å². The standard InChI is InChI=1S/C16H21N5O2S.HI/c1-18-16(20-11-9-14-4-2-3-10-19-14)21-12-13-5-7-15(8-6-13)24(17,22)23;/h2-8,10H,9,11-12H2,1H3,(H2,17,22,23)(H2,18,20,21);1H. The van der Waals surface area contributed by atoms with Crippen LogP contribution in [0.2, 0.25) is 0 Å². The van der Waals surface area contributed by atoms with Crippen LogP contribution < -0.4 is 15.8 Å². The second kappa shape index (κ2) is 10.3. The molecule has 2 rings (SSSR count). The van der Waals surface area contributed by atoms with Gasteiger partial charge in [-0.05, 0) is 29.8 Å². The molecule has 4 N–H and O–H groups in total. The molecule has 0 amide bonds. The fraction of sp³-hybridized carbons (Fsp3) is 0.250. The third-order valence-electron chi connectivity index (χ3n) is 3.34. The van der Waals surface area contributed by atoms with Crippen molar-refractivity contribution in [3.63, 3.8) is 0 Å². The summed E-state index contributed by atoms with van der Waals surface area (Å²) in [6.45, 7) is 1.23. The molecule has 0 saturated carbocycles. The van der Waals surface area contributed by atoms with E-state index in [1.54, 1.807) is 25.4 Å². The first-order valence-electron chi connectivity index (χ1n) is 7.45. The Morgan fingerprint density at radius 3 is 2.44 bits per heavy atom. The van der Waals surface area contributed by atoms with Crippen LogP contribution in [0, 0.1) is 0 Å². The summed E-state index contributed by atoms with van der Waals surface area (Å²) in [4.78, 5) is 8.51. The van der Waals surface area contributed by atoms with Crippen molar-refractivity contribution in [1.29, 1.82) is 0 Å². The maximum absolute atomic E-state index is 11.2. The van der Waals surface area contributed by atoms with Crippen molar-refractivity contribution in [2.24, 2.45) is 10.1 Å². The number of primary sulfonamides is 1. The summed E-state index contributed by atoms with van der Waals surface area (Å²) in [5, 5.41) is 11.5. The Balaban J connectivity index is 0.00000312. The van der Waals surface area contributed by atoms with E-state index in [1.165, 1.54) is 12.1 Å². The minimum atomic E-state index is -3.66. The smallest absolute Gasteiger partial charge is 0.238 e. The van der Waals surface area contributed by atoms with Gasteiger partial charge in [0.1, 0.15) is 0 Å². The van der Waals surface area contributed by atoms with Crippen LogP contribution in [-0.2, 0) is 23.0 Å². The quantitative estimate of drug-likeness (QED) is 0.331. The van der Waals surface area contributed by atoms with Gasteiger partial charge in [-0.15, -0.1) is 24.0 Å². The number of halogens is 1. The molecule has 1 aromatic carbocycles. The normalized spacial score (nSPS) is 11.5. The van der Waals surface area contributed by atoms with Gasteiger partial charge >= 0.3 is 0 Å². The fourth-order valence-corrected chi connectivity index (χ4v) is 2.57. The molecule has 0 atom stereocenters. The molecule has 1 aromatic heterocycles. The number of aromatic nitrogens is 1. The Morgan fingerprint density at radius 2 is 1.88 bits per heavy atom. The first kappa shape index (κ1) is 21.3. The number of hydrogen-bond acceptors (Lipinski definition) is 4. The molecule has 0 aliphatic heterocycles. The zero-order chi connectivity index (χ0) is 17.4. The van der Waals surface area contributed by atoms with Crippen molar-refractivity contribution in [2.75, 3.05) is 13.6 Å². The van der Waals surface area contributed by atoms with Gasteiger partial charge in [-0.3, -0.25) is 9.98 Å². The van der Waals surface area contributed by atoms with Gasteiger partial charge in [0.05, 0.1) is 4.90 Å². The number of aliphatic imine (C=N–C) groups is 1. The number of nitrogens with two attached hydrogens (primary N) is 1. The molecule has 0 aliphatic carbocycles. The third-order valence-corrected chi connectivity index (χ3v) is 4.26. The summed E-state index contributed by atoms with van der Waals surface area (Å²) < 4.78 is 22.4. The van der Waals surface area contributed by atoms with Gasteiger partial charge in [-0.1, -0.05) is 18.2 Å². The molecular weight excluding hydrogens is 453 g/mol. The van der Waals surface area contributed by atoms with E-state index >= 15 is 0 Å². The average molecular weight is 475 g/mol. The van der Waals surface area contributed by atoms with Crippen LogP contribution in [0.15, 0.2) is 58.5 Å². The summed E-state index contributed by atoms with van der Waals surface area (Å²) >= 11 is 0. The molecule has 0 saturated heterocycles. The third kappa shape index (κ3) is 7.36. The van der Waals surface area contributed by atoms with Crippen LogP contribution in [0.3, 0.4) is 0 Å². The molecular formula is C16H22IN5O2S. The van der Waals surface area contributed by atoms with Crippen LogP contribution in [0.25, 0.3) is 0 Å². The van der Waals surface area contributed by atoms with Gasteiger partial charge in [-0.25, -0.2) is 13.6 Å². The molecule has 0 bridgehead atoms. The van der Waals surface area contributed by atoms with Crippen LogP contribution in [0.4, 0.5) is 0 Å². The first-order chi connectivity index (χ1) is 11.5. The number of nitrogens with one attached hydrogen (secondary N) is 2. The molecule has 25 heavy (non-hydrogen) atoms. The second-order valence-electron chi connectivity index (χ2n) is 5.11.